The van der Waals surface area contributed by atoms with E-state index in [0.29, 0.717) is 5.75 Å². The fourth-order valence-electron chi connectivity index (χ4n) is 2.82. The largest absolute Gasteiger partial charge is 0.464 e. The van der Waals surface area contributed by atoms with Crippen molar-refractivity contribution in [3.8, 4) is 0 Å². The molecule has 0 aliphatic carbocycles. The van der Waals surface area contributed by atoms with Gasteiger partial charge in [-0.3, -0.25) is 0 Å². The van der Waals surface area contributed by atoms with Gasteiger partial charge in [0.15, 0.2) is 9.84 Å². The quantitative estimate of drug-likeness (QED) is 0.877. The zero-order chi connectivity index (χ0) is 14.6. The first-order valence-electron chi connectivity index (χ1n) is 7.62. The zero-order valence-corrected chi connectivity index (χ0v) is 13.2. The van der Waals surface area contributed by atoms with Gasteiger partial charge in [-0.15, -0.1) is 0 Å². The molecule has 1 aromatic rings. The Morgan fingerprint density at radius 1 is 1.35 bits per heavy atom. The van der Waals surface area contributed by atoms with Gasteiger partial charge < -0.3 is 9.73 Å². The summed E-state index contributed by atoms with van der Waals surface area (Å²) in [5.41, 5.74) is 0. The Labute approximate surface area is 121 Å². The third-order valence-corrected chi connectivity index (χ3v) is 6.24. The van der Waals surface area contributed by atoms with Gasteiger partial charge in [-0.2, -0.15) is 0 Å². The lowest BCUT2D eigenvalue weighted by atomic mass is 10.0. The Balaban J connectivity index is 2.26. The zero-order valence-electron chi connectivity index (χ0n) is 12.4. The Bertz CT molecular complexity index is 521. The second-order valence-corrected chi connectivity index (χ2v) is 7.83. The van der Waals surface area contributed by atoms with Crippen LogP contribution >= 0.6 is 0 Å². The van der Waals surface area contributed by atoms with Crippen LogP contribution < -0.4 is 5.32 Å². The van der Waals surface area contributed by atoms with E-state index >= 15 is 0 Å². The summed E-state index contributed by atoms with van der Waals surface area (Å²) in [5, 5.41) is 3.03. The second-order valence-electron chi connectivity index (χ2n) is 5.49. The SMILES string of the molecule is CCCNC(c1ccc(CC)o1)C1CCCCS1(=O)=O. The molecular weight excluding hydrogens is 274 g/mol. The standard InChI is InChI=1S/C15H25NO3S/c1-3-10-16-15(13-9-8-12(4-2)19-13)14-7-5-6-11-20(14,17)18/h8-9,14-16H,3-7,10-11H2,1-2H3. The van der Waals surface area contributed by atoms with Gasteiger partial charge in [-0.25, -0.2) is 8.42 Å². The lowest BCUT2D eigenvalue weighted by Gasteiger charge is -2.29. The summed E-state index contributed by atoms with van der Waals surface area (Å²) in [4.78, 5) is 0. The van der Waals surface area contributed by atoms with Crippen LogP contribution in [0.25, 0.3) is 0 Å². The summed E-state index contributed by atoms with van der Waals surface area (Å²) in [6, 6.07) is 3.67. The molecule has 2 unspecified atom stereocenters. The first-order chi connectivity index (χ1) is 9.58. The smallest absolute Gasteiger partial charge is 0.155 e. The first kappa shape index (κ1) is 15.6. The van der Waals surface area contributed by atoms with Gasteiger partial charge in [0.2, 0.25) is 0 Å². The fraction of sp³-hybridized carbons (Fsp3) is 0.733. The molecule has 0 spiro atoms. The maximum Gasteiger partial charge on any atom is 0.155 e. The summed E-state index contributed by atoms with van der Waals surface area (Å²) < 4.78 is 30.5. The van der Waals surface area contributed by atoms with E-state index in [-0.39, 0.29) is 11.3 Å². The van der Waals surface area contributed by atoms with E-state index in [0.717, 1.165) is 50.2 Å². The molecular formula is C15H25NO3S. The van der Waals surface area contributed by atoms with Crippen molar-refractivity contribution in [3.05, 3.63) is 23.7 Å². The molecule has 1 aliphatic rings. The minimum absolute atomic E-state index is 0.208. The Kier molecular flexibility index (Phi) is 5.27. The average molecular weight is 299 g/mol. The molecule has 2 rings (SSSR count). The normalized spacial score (nSPS) is 23.6. The van der Waals surface area contributed by atoms with Gasteiger partial charge >= 0.3 is 0 Å². The highest BCUT2D eigenvalue weighted by molar-refractivity contribution is 7.92. The predicted molar refractivity (Wildman–Crippen MR) is 80.5 cm³/mol. The Hall–Kier alpha value is -0.810. The van der Waals surface area contributed by atoms with Crippen LogP contribution in [0.5, 0.6) is 0 Å². The highest BCUT2D eigenvalue weighted by atomic mass is 32.2. The van der Waals surface area contributed by atoms with E-state index in [1.165, 1.54) is 0 Å². The number of sulfone groups is 1. The van der Waals surface area contributed by atoms with E-state index < -0.39 is 9.84 Å². The maximum absolute atomic E-state index is 12.4. The van der Waals surface area contributed by atoms with Gasteiger partial charge in [0, 0.05) is 6.42 Å². The number of furan rings is 1. The van der Waals surface area contributed by atoms with Crippen molar-refractivity contribution >= 4 is 9.84 Å². The number of rotatable bonds is 6. The summed E-state index contributed by atoms with van der Waals surface area (Å²) in [6.07, 6.45) is 4.31. The van der Waals surface area contributed by atoms with Crippen molar-refractivity contribution in [2.45, 2.75) is 57.2 Å². The van der Waals surface area contributed by atoms with E-state index in [4.69, 9.17) is 4.42 Å². The van der Waals surface area contributed by atoms with Crippen molar-refractivity contribution in [3.63, 3.8) is 0 Å². The van der Waals surface area contributed by atoms with Crippen LogP contribution in [-0.2, 0) is 16.3 Å². The molecule has 1 fully saturated rings. The molecule has 2 atom stereocenters. The molecule has 2 heterocycles. The van der Waals surface area contributed by atoms with Crippen LogP contribution in [0.1, 0.15) is 57.1 Å². The van der Waals surface area contributed by atoms with E-state index in [1.807, 2.05) is 19.1 Å². The lowest BCUT2D eigenvalue weighted by Crippen LogP contribution is -2.40. The van der Waals surface area contributed by atoms with Crippen molar-refractivity contribution in [1.29, 1.82) is 0 Å². The van der Waals surface area contributed by atoms with Crippen LogP contribution in [-0.4, -0.2) is 26.0 Å². The maximum atomic E-state index is 12.4. The minimum Gasteiger partial charge on any atom is -0.464 e. The third kappa shape index (κ3) is 3.44. The first-order valence-corrected chi connectivity index (χ1v) is 9.33. The number of aryl methyl sites for hydroxylation is 1. The molecule has 1 N–H and O–H groups in total. The highest BCUT2D eigenvalue weighted by Gasteiger charge is 2.37. The third-order valence-electron chi connectivity index (χ3n) is 3.95. The van der Waals surface area contributed by atoms with Crippen LogP contribution in [0.2, 0.25) is 0 Å². The van der Waals surface area contributed by atoms with E-state index in [9.17, 15) is 8.42 Å². The van der Waals surface area contributed by atoms with Crippen molar-refractivity contribution in [1.82, 2.24) is 5.32 Å². The second kappa shape index (κ2) is 6.76. The molecule has 4 nitrogen and oxygen atoms in total. The van der Waals surface area contributed by atoms with Gasteiger partial charge in [0.25, 0.3) is 0 Å². The molecule has 0 radical (unpaired) electrons. The molecule has 0 aromatic carbocycles. The lowest BCUT2D eigenvalue weighted by molar-refractivity contribution is 0.365. The van der Waals surface area contributed by atoms with Crippen LogP contribution in [0.4, 0.5) is 0 Å². The van der Waals surface area contributed by atoms with Crippen molar-refractivity contribution < 1.29 is 12.8 Å². The van der Waals surface area contributed by atoms with E-state index in [1.54, 1.807) is 0 Å². The van der Waals surface area contributed by atoms with Crippen LogP contribution in [0.3, 0.4) is 0 Å². The Morgan fingerprint density at radius 2 is 2.15 bits per heavy atom. The number of hydrogen-bond acceptors (Lipinski definition) is 4. The summed E-state index contributed by atoms with van der Waals surface area (Å²) in [6.45, 7) is 4.92. The van der Waals surface area contributed by atoms with Gasteiger partial charge in [0.05, 0.1) is 17.0 Å². The summed E-state index contributed by atoms with van der Waals surface area (Å²) in [5.74, 6) is 1.99. The van der Waals surface area contributed by atoms with Gasteiger partial charge in [0.1, 0.15) is 11.5 Å². The molecule has 114 valence electrons. The van der Waals surface area contributed by atoms with Gasteiger partial charge in [-0.1, -0.05) is 20.3 Å². The number of hydrogen-bond donors (Lipinski definition) is 1. The molecule has 20 heavy (non-hydrogen) atoms. The summed E-state index contributed by atoms with van der Waals surface area (Å²) >= 11 is 0. The summed E-state index contributed by atoms with van der Waals surface area (Å²) in [7, 11) is -3.02. The minimum atomic E-state index is -3.02. The average Bonchev–Trinajstić information content (AvgIpc) is 2.89. The monoisotopic (exact) mass is 299 g/mol. The van der Waals surface area contributed by atoms with Crippen LogP contribution in [0.15, 0.2) is 16.5 Å². The molecule has 0 saturated carbocycles. The molecule has 1 aromatic heterocycles. The number of nitrogens with one attached hydrogen (secondary N) is 1. The predicted octanol–water partition coefficient (Wildman–Crippen LogP) is 2.85. The molecule has 1 saturated heterocycles. The molecule has 1 aliphatic heterocycles. The fourth-order valence-corrected chi connectivity index (χ4v) is 4.90. The Morgan fingerprint density at radius 3 is 2.75 bits per heavy atom. The van der Waals surface area contributed by atoms with E-state index in [2.05, 4.69) is 12.2 Å². The molecule has 0 bridgehead atoms. The topological polar surface area (TPSA) is 59.3 Å². The van der Waals surface area contributed by atoms with Crippen molar-refractivity contribution in [2.24, 2.45) is 0 Å². The highest BCUT2D eigenvalue weighted by Crippen LogP contribution is 2.31. The van der Waals surface area contributed by atoms with Crippen LogP contribution in [0, 0.1) is 0 Å². The van der Waals surface area contributed by atoms with Crippen molar-refractivity contribution in [2.75, 3.05) is 12.3 Å². The van der Waals surface area contributed by atoms with Gasteiger partial charge in [-0.05, 0) is 37.9 Å². The molecule has 5 heteroatoms. The molecule has 0 amide bonds.